The van der Waals surface area contributed by atoms with E-state index in [-0.39, 0.29) is 52.6 Å². The van der Waals surface area contributed by atoms with Gasteiger partial charge in [-0.2, -0.15) is 13.1 Å². The van der Waals surface area contributed by atoms with E-state index < -0.39 is 34.8 Å². The average molecular weight is 658 g/mol. The number of alkyl halides is 2. The van der Waals surface area contributed by atoms with E-state index in [1.807, 2.05) is 0 Å². The van der Waals surface area contributed by atoms with Crippen LogP contribution in [0, 0.1) is 5.92 Å². The third-order valence-corrected chi connectivity index (χ3v) is 9.53. The van der Waals surface area contributed by atoms with Crippen molar-refractivity contribution in [3.05, 3.63) is 82.1 Å². The van der Waals surface area contributed by atoms with Crippen molar-refractivity contribution in [2.24, 2.45) is 5.92 Å². The molecule has 1 aliphatic carbocycles. The van der Waals surface area contributed by atoms with Gasteiger partial charge in [0.25, 0.3) is 0 Å². The maximum absolute atomic E-state index is 13.5. The summed E-state index contributed by atoms with van der Waals surface area (Å²) in [5.41, 5.74) is 0.816. The number of aromatic nitrogens is 1. The number of hydrogen-bond acceptors (Lipinski definition) is 8. The summed E-state index contributed by atoms with van der Waals surface area (Å²) in [6.45, 7) is -3.00. The predicted molar refractivity (Wildman–Crippen MR) is 153 cm³/mol. The smallest absolute Gasteiger partial charge is 0.387 e. The Morgan fingerprint density at radius 2 is 1.79 bits per heavy atom. The molecule has 1 saturated heterocycles. The number of sulfonamides is 1. The van der Waals surface area contributed by atoms with E-state index in [0.717, 1.165) is 12.8 Å². The van der Waals surface area contributed by atoms with Gasteiger partial charge in [0.15, 0.2) is 17.6 Å². The van der Waals surface area contributed by atoms with E-state index in [9.17, 15) is 22.0 Å². The lowest BCUT2D eigenvalue weighted by Crippen LogP contribution is -2.49. The van der Waals surface area contributed by atoms with E-state index in [0.29, 0.717) is 23.7 Å². The van der Waals surface area contributed by atoms with Crippen molar-refractivity contribution in [2.45, 2.75) is 43.0 Å². The van der Waals surface area contributed by atoms with Crippen LogP contribution in [0.3, 0.4) is 0 Å². The van der Waals surface area contributed by atoms with E-state index in [4.69, 9.17) is 37.4 Å². The molecule has 0 spiro atoms. The van der Waals surface area contributed by atoms with Crippen LogP contribution in [0.1, 0.15) is 30.1 Å². The molecule has 1 aliphatic heterocycles. The zero-order valence-electron chi connectivity index (χ0n) is 22.7. The molecular formula is C29H28Cl2F2N2O7S. The van der Waals surface area contributed by atoms with Gasteiger partial charge in [-0.25, -0.2) is 13.2 Å². The van der Waals surface area contributed by atoms with Gasteiger partial charge in [0.05, 0.1) is 34.7 Å². The molecule has 2 atom stereocenters. The van der Waals surface area contributed by atoms with Crippen LogP contribution in [0.15, 0.2) is 65.8 Å². The lowest BCUT2D eigenvalue weighted by Gasteiger charge is -2.32. The number of carbonyl (C=O) groups excluding carboxylic acids is 1. The zero-order valence-corrected chi connectivity index (χ0v) is 25.0. The van der Waals surface area contributed by atoms with Crippen molar-refractivity contribution in [2.75, 3.05) is 26.3 Å². The normalized spacial score (nSPS) is 18.3. The maximum atomic E-state index is 13.5. The first kappa shape index (κ1) is 31.4. The van der Waals surface area contributed by atoms with Gasteiger partial charge in [-0.05, 0) is 54.2 Å². The molecule has 230 valence electrons. The number of ether oxygens (including phenoxy) is 4. The van der Waals surface area contributed by atoms with Crippen LogP contribution in [0.5, 0.6) is 11.5 Å². The summed E-state index contributed by atoms with van der Waals surface area (Å²) >= 11 is 12.7. The quantitative estimate of drug-likeness (QED) is 0.229. The highest BCUT2D eigenvalue weighted by atomic mass is 35.5. The molecule has 1 aromatic heterocycles. The van der Waals surface area contributed by atoms with Gasteiger partial charge in [0, 0.05) is 25.4 Å². The van der Waals surface area contributed by atoms with Gasteiger partial charge in [-0.1, -0.05) is 47.5 Å². The van der Waals surface area contributed by atoms with Crippen molar-refractivity contribution >= 4 is 39.2 Å². The largest absolute Gasteiger partial charge is 0.489 e. The monoisotopic (exact) mass is 656 g/mol. The van der Waals surface area contributed by atoms with Gasteiger partial charge >= 0.3 is 12.6 Å². The first-order valence-corrected chi connectivity index (χ1v) is 15.7. The number of morpholine rings is 1. The van der Waals surface area contributed by atoms with Gasteiger partial charge in [0.1, 0.15) is 6.10 Å². The van der Waals surface area contributed by atoms with Gasteiger partial charge < -0.3 is 18.9 Å². The van der Waals surface area contributed by atoms with Crippen molar-refractivity contribution in [3.8, 4) is 11.5 Å². The third kappa shape index (κ3) is 7.93. The van der Waals surface area contributed by atoms with Gasteiger partial charge in [0.2, 0.25) is 10.0 Å². The van der Waals surface area contributed by atoms with Crippen molar-refractivity contribution < 1.29 is 40.9 Å². The highest BCUT2D eigenvalue weighted by molar-refractivity contribution is 7.89. The summed E-state index contributed by atoms with van der Waals surface area (Å²) in [5, 5.41) is 0.455. The molecule has 2 aromatic carbocycles. The fraction of sp³-hybridized carbons (Fsp3) is 0.379. The molecule has 2 unspecified atom stereocenters. The molecule has 5 rings (SSSR count). The molecular weight excluding hydrogens is 629 g/mol. The number of benzene rings is 2. The number of halogens is 4. The number of carbonyl (C=O) groups is 1. The van der Waals surface area contributed by atoms with Crippen molar-refractivity contribution in [1.82, 2.24) is 9.29 Å². The fourth-order valence-electron chi connectivity index (χ4n) is 4.51. The lowest BCUT2D eigenvalue weighted by molar-refractivity contribution is -0.166. The second-order valence-corrected chi connectivity index (χ2v) is 12.8. The summed E-state index contributed by atoms with van der Waals surface area (Å²) in [5.74, 6) is -0.606. The highest BCUT2D eigenvalue weighted by Gasteiger charge is 2.36. The topological polar surface area (TPSA) is 104 Å². The molecule has 43 heavy (non-hydrogen) atoms. The average Bonchev–Trinajstić information content (AvgIpc) is 3.83. The molecule has 2 aliphatic rings. The first-order chi connectivity index (χ1) is 20.6. The van der Waals surface area contributed by atoms with Crippen LogP contribution in [-0.2, 0) is 30.7 Å². The Balaban J connectivity index is 1.41. The lowest BCUT2D eigenvalue weighted by atomic mass is 10.0. The predicted octanol–water partition coefficient (Wildman–Crippen LogP) is 5.70. The fourth-order valence-corrected chi connectivity index (χ4v) is 6.48. The summed E-state index contributed by atoms with van der Waals surface area (Å²) in [4.78, 5) is 17.5. The zero-order chi connectivity index (χ0) is 30.6. The maximum Gasteiger partial charge on any atom is 0.387 e. The molecule has 14 heteroatoms. The number of rotatable bonds is 12. The van der Waals surface area contributed by atoms with Crippen molar-refractivity contribution in [3.63, 3.8) is 0 Å². The van der Waals surface area contributed by atoms with Crippen LogP contribution in [0.25, 0.3) is 0 Å². The van der Waals surface area contributed by atoms with Crippen LogP contribution < -0.4 is 9.47 Å². The van der Waals surface area contributed by atoms with Crippen LogP contribution in [-0.4, -0.2) is 62.7 Å². The SMILES string of the molecule is O=C(OC(Cc1c(Cl)cncc1Cl)c1ccc(OC(F)F)c(OCC2CC2)c1)C1CN(S(=O)(=O)c2ccccc2)CCO1. The Kier molecular flexibility index (Phi) is 10.0. The highest BCUT2D eigenvalue weighted by Crippen LogP contribution is 2.38. The van der Waals surface area contributed by atoms with E-state index in [1.165, 1.54) is 47.0 Å². The Morgan fingerprint density at radius 3 is 2.47 bits per heavy atom. The summed E-state index contributed by atoms with van der Waals surface area (Å²) in [6, 6.07) is 12.1. The Morgan fingerprint density at radius 1 is 1.07 bits per heavy atom. The van der Waals surface area contributed by atoms with Crippen LogP contribution >= 0.6 is 23.2 Å². The summed E-state index contributed by atoms with van der Waals surface area (Å²) < 4.78 is 75.7. The third-order valence-electron chi connectivity index (χ3n) is 7.00. The second kappa shape index (κ2) is 13.7. The van der Waals surface area contributed by atoms with Crippen LogP contribution in [0.4, 0.5) is 8.78 Å². The number of pyridine rings is 1. The molecule has 0 bridgehead atoms. The Bertz CT molecular complexity index is 1520. The van der Waals surface area contributed by atoms with Gasteiger partial charge in [-0.15, -0.1) is 0 Å². The number of nitrogens with zero attached hydrogens (tertiary/aromatic N) is 2. The molecule has 9 nitrogen and oxygen atoms in total. The van der Waals surface area contributed by atoms with Crippen LogP contribution in [0.2, 0.25) is 10.0 Å². The number of hydrogen-bond donors (Lipinski definition) is 0. The summed E-state index contributed by atoms with van der Waals surface area (Å²) in [7, 11) is -3.89. The Labute approximate surface area is 257 Å². The molecule has 0 N–H and O–H groups in total. The number of esters is 1. The minimum atomic E-state index is -3.89. The summed E-state index contributed by atoms with van der Waals surface area (Å²) in [6.07, 6.45) is 2.44. The van der Waals surface area contributed by atoms with Gasteiger partial charge in [-0.3, -0.25) is 4.98 Å². The van der Waals surface area contributed by atoms with Crippen molar-refractivity contribution in [1.29, 1.82) is 0 Å². The Hall–Kier alpha value is -3.03. The molecule has 3 aromatic rings. The molecule has 1 saturated carbocycles. The molecule has 2 heterocycles. The standard InChI is InChI=1S/C29H28Cl2F2N2O7S/c30-22-14-34-15-23(31)21(22)13-25(19-8-9-24(42-29(32)33)26(12-19)40-17-18-6-7-18)41-28(36)27-16-35(10-11-39-27)43(37,38)20-4-2-1-3-5-20/h1-5,8-9,12,14-15,18,25,27,29H,6-7,10-11,13,16-17H2. The van der Waals surface area contributed by atoms with E-state index in [2.05, 4.69) is 9.72 Å². The minimum Gasteiger partial charge on any atom is -0.489 e. The van der Waals surface area contributed by atoms with E-state index in [1.54, 1.807) is 18.2 Å². The van der Waals surface area contributed by atoms with E-state index >= 15 is 0 Å². The molecule has 2 fully saturated rings. The minimum absolute atomic E-state index is 0.0121. The molecule has 0 radical (unpaired) electrons. The first-order valence-electron chi connectivity index (χ1n) is 13.5. The second-order valence-electron chi connectivity index (χ2n) is 10.1. The molecule has 0 amide bonds.